The number of quaternary nitrogens is 1. The fourth-order valence-corrected chi connectivity index (χ4v) is 10.2. The second-order valence-electron chi connectivity index (χ2n) is 23.2. The van der Waals surface area contributed by atoms with E-state index in [-0.39, 0.29) is 25.6 Å². The van der Waals surface area contributed by atoms with E-state index < -0.39 is 26.5 Å². The minimum absolute atomic E-state index is 0.0325. The molecule has 0 aromatic heterocycles. The van der Waals surface area contributed by atoms with E-state index in [4.69, 9.17) is 18.5 Å². The molecule has 0 heterocycles. The van der Waals surface area contributed by atoms with Gasteiger partial charge >= 0.3 is 19.8 Å². The fourth-order valence-electron chi connectivity index (χ4n) is 9.44. The maximum atomic E-state index is 12.8. The maximum absolute atomic E-state index is 12.8. The summed E-state index contributed by atoms with van der Waals surface area (Å²) in [5, 5.41) is 0. The van der Waals surface area contributed by atoms with Crippen molar-refractivity contribution in [3.63, 3.8) is 0 Å². The van der Waals surface area contributed by atoms with E-state index in [9.17, 15) is 19.0 Å². The molecule has 2 unspecified atom stereocenters. The lowest BCUT2D eigenvalue weighted by Crippen LogP contribution is -2.37. The van der Waals surface area contributed by atoms with Gasteiger partial charge in [0.05, 0.1) is 27.7 Å². The Hall–Kier alpha value is -1.77. The van der Waals surface area contributed by atoms with Crippen LogP contribution in [0, 0.1) is 0 Å². The number of phosphoric ester groups is 1. The predicted octanol–water partition coefficient (Wildman–Crippen LogP) is 20.3. The Morgan fingerprint density at radius 3 is 1.07 bits per heavy atom. The average Bonchev–Trinajstić information content (AvgIpc) is 3.37. The molecule has 0 aromatic carbocycles. The lowest BCUT2D eigenvalue weighted by atomic mass is 10.0. The minimum atomic E-state index is -4.39. The van der Waals surface area contributed by atoms with Crippen LogP contribution in [0.1, 0.15) is 316 Å². The molecule has 0 aliphatic heterocycles. The molecule has 0 aromatic rings. The van der Waals surface area contributed by atoms with E-state index in [0.29, 0.717) is 23.9 Å². The van der Waals surface area contributed by atoms with Crippen LogP contribution in [-0.4, -0.2) is 74.9 Å². The Kier molecular flexibility index (Phi) is 55.6. The van der Waals surface area contributed by atoms with Crippen LogP contribution in [0.25, 0.3) is 0 Å². The first-order valence-electron chi connectivity index (χ1n) is 32.2. The molecule has 1 N–H and O–H groups in total. The number of likely N-dealkylation sites (N-methyl/N-ethyl adjacent to an activating group) is 1. The number of allylic oxidation sites excluding steroid dienone is 6. The maximum Gasteiger partial charge on any atom is 0.472 e. The number of ether oxygens (including phenoxy) is 2. The van der Waals surface area contributed by atoms with Gasteiger partial charge in [-0.2, -0.15) is 0 Å². The van der Waals surface area contributed by atoms with E-state index >= 15 is 0 Å². The average molecular weight is 1080 g/mol. The summed E-state index contributed by atoms with van der Waals surface area (Å²) in [5.41, 5.74) is 0. The molecule has 0 amide bonds. The molecule has 0 aliphatic carbocycles. The van der Waals surface area contributed by atoms with Crippen molar-refractivity contribution >= 4 is 19.8 Å². The number of esters is 2. The molecular formula is C65H125NO8P+. The third kappa shape index (κ3) is 61.3. The zero-order chi connectivity index (χ0) is 54.9. The third-order valence-corrected chi connectivity index (χ3v) is 15.4. The lowest BCUT2D eigenvalue weighted by Gasteiger charge is -2.24. The molecule has 0 radical (unpaired) electrons. The number of rotatable bonds is 60. The highest BCUT2D eigenvalue weighted by Crippen LogP contribution is 2.43. The molecule has 0 spiro atoms. The number of unbranched alkanes of at least 4 members (excludes halogenated alkanes) is 40. The molecule has 0 bridgehead atoms. The third-order valence-electron chi connectivity index (χ3n) is 14.4. The Morgan fingerprint density at radius 1 is 0.413 bits per heavy atom. The van der Waals surface area contributed by atoms with Gasteiger partial charge in [0.15, 0.2) is 6.10 Å². The highest BCUT2D eigenvalue weighted by Gasteiger charge is 2.27. The predicted molar refractivity (Wildman–Crippen MR) is 321 cm³/mol. The number of nitrogens with zero attached hydrogens (tertiary/aromatic N) is 1. The SMILES string of the molecule is CCCCCCC/C=C\C/C=C\C/C=C\CCCCCCCCCCCCC(=O)OC(COC(=O)CCCCCCCCCCCCCCCCCCCCCCCCCCCC)COP(=O)(O)OCC[N+](C)(C)C. The normalized spacial score (nSPS) is 13.4. The molecule has 9 nitrogen and oxygen atoms in total. The first-order chi connectivity index (χ1) is 36.5. The van der Waals surface area contributed by atoms with Gasteiger partial charge < -0.3 is 18.9 Å². The summed E-state index contributed by atoms with van der Waals surface area (Å²) < 4.78 is 34.7. The topological polar surface area (TPSA) is 108 Å². The van der Waals surface area contributed by atoms with Crippen molar-refractivity contribution in [3.05, 3.63) is 36.5 Å². The van der Waals surface area contributed by atoms with Crippen LogP contribution in [0.3, 0.4) is 0 Å². The van der Waals surface area contributed by atoms with Gasteiger partial charge in [-0.15, -0.1) is 0 Å². The molecule has 10 heteroatoms. The summed E-state index contributed by atoms with van der Waals surface area (Å²) >= 11 is 0. The molecule has 75 heavy (non-hydrogen) atoms. The van der Waals surface area contributed by atoms with Crippen LogP contribution in [0.5, 0.6) is 0 Å². The van der Waals surface area contributed by atoms with Crippen molar-refractivity contribution in [2.24, 2.45) is 0 Å². The number of hydrogen-bond acceptors (Lipinski definition) is 7. The summed E-state index contributed by atoms with van der Waals surface area (Å²) in [7, 11) is 1.49. The summed E-state index contributed by atoms with van der Waals surface area (Å²) in [4.78, 5) is 35.8. The fraction of sp³-hybridized carbons (Fsp3) is 0.877. The first-order valence-corrected chi connectivity index (χ1v) is 33.7. The standard InChI is InChI=1S/C65H124NO8P/c1-6-8-10-12-14-16-18-20-22-24-26-28-30-32-34-35-37-39-41-43-45-47-49-51-53-55-57-64(67)71-61-63(62-73-75(69,70)72-60-59-66(3,4)5)74-65(68)58-56-54-52-50-48-46-44-42-40-38-36-33-31-29-27-25-23-21-19-17-15-13-11-9-7-2/h19,21,25,27,31,33,63H,6-18,20,22-24,26,28-30,32,34-62H2,1-5H3/p+1/b21-19-,27-25-,33-31-. The van der Waals surface area contributed by atoms with E-state index in [0.717, 1.165) is 51.4 Å². The highest BCUT2D eigenvalue weighted by molar-refractivity contribution is 7.47. The zero-order valence-corrected chi connectivity index (χ0v) is 51.2. The van der Waals surface area contributed by atoms with Gasteiger partial charge in [-0.25, -0.2) is 4.57 Å². The van der Waals surface area contributed by atoms with Crippen LogP contribution in [0.15, 0.2) is 36.5 Å². The quantitative estimate of drug-likeness (QED) is 0.0211. The van der Waals surface area contributed by atoms with Crippen molar-refractivity contribution in [2.45, 2.75) is 322 Å². The zero-order valence-electron chi connectivity index (χ0n) is 50.3. The van der Waals surface area contributed by atoms with Crippen LogP contribution >= 0.6 is 7.82 Å². The Labute approximate surface area is 465 Å². The first kappa shape index (κ1) is 73.2. The van der Waals surface area contributed by atoms with Crippen molar-refractivity contribution in [3.8, 4) is 0 Å². The Balaban J connectivity index is 4.08. The van der Waals surface area contributed by atoms with Gasteiger partial charge in [0.1, 0.15) is 19.8 Å². The van der Waals surface area contributed by atoms with Gasteiger partial charge in [-0.05, 0) is 51.4 Å². The number of hydrogen-bond donors (Lipinski definition) is 1. The van der Waals surface area contributed by atoms with Gasteiger partial charge in [0, 0.05) is 12.8 Å². The molecule has 0 fully saturated rings. The number of carbonyl (C=O) groups excluding carboxylic acids is 2. The Bertz CT molecular complexity index is 1360. The summed E-state index contributed by atoms with van der Waals surface area (Å²) in [6.45, 7) is 4.47. The van der Waals surface area contributed by atoms with Crippen LogP contribution in [0.4, 0.5) is 0 Å². The van der Waals surface area contributed by atoms with Crippen LogP contribution < -0.4 is 0 Å². The summed E-state index contributed by atoms with van der Waals surface area (Å²) in [5.74, 6) is -0.785. The highest BCUT2D eigenvalue weighted by atomic mass is 31.2. The van der Waals surface area contributed by atoms with Crippen molar-refractivity contribution in [1.29, 1.82) is 0 Å². The number of phosphoric acid groups is 1. The van der Waals surface area contributed by atoms with E-state index in [1.807, 2.05) is 21.1 Å². The van der Waals surface area contributed by atoms with E-state index in [1.54, 1.807) is 0 Å². The summed E-state index contributed by atoms with van der Waals surface area (Å²) in [6.07, 6.45) is 70.8. The molecule has 442 valence electrons. The monoisotopic (exact) mass is 1080 g/mol. The van der Waals surface area contributed by atoms with Crippen LogP contribution in [0.2, 0.25) is 0 Å². The van der Waals surface area contributed by atoms with Gasteiger partial charge in [-0.3, -0.25) is 18.6 Å². The van der Waals surface area contributed by atoms with Crippen molar-refractivity contribution in [2.75, 3.05) is 47.5 Å². The molecule has 0 saturated heterocycles. The number of carbonyl (C=O) groups is 2. The van der Waals surface area contributed by atoms with Gasteiger partial charge in [-0.1, -0.05) is 288 Å². The summed E-state index contributed by atoms with van der Waals surface area (Å²) in [6, 6.07) is 0. The second-order valence-corrected chi connectivity index (χ2v) is 24.6. The van der Waals surface area contributed by atoms with Crippen molar-refractivity contribution < 1.29 is 42.1 Å². The molecule has 0 saturated carbocycles. The minimum Gasteiger partial charge on any atom is -0.462 e. The molecule has 0 rings (SSSR count). The van der Waals surface area contributed by atoms with Gasteiger partial charge in [0.25, 0.3) is 0 Å². The molecule has 2 atom stereocenters. The van der Waals surface area contributed by atoms with E-state index in [2.05, 4.69) is 50.3 Å². The largest absolute Gasteiger partial charge is 0.472 e. The van der Waals surface area contributed by atoms with Crippen LogP contribution in [-0.2, 0) is 32.7 Å². The lowest BCUT2D eigenvalue weighted by molar-refractivity contribution is -0.870. The Morgan fingerprint density at radius 2 is 0.720 bits per heavy atom. The van der Waals surface area contributed by atoms with E-state index in [1.165, 1.54) is 231 Å². The molecular weight excluding hydrogens is 954 g/mol. The van der Waals surface area contributed by atoms with Gasteiger partial charge in [0.2, 0.25) is 0 Å². The molecule has 0 aliphatic rings. The second kappa shape index (κ2) is 56.9. The van der Waals surface area contributed by atoms with Crippen molar-refractivity contribution in [1.82, 2.24) is 0 Å². The smallest absolute Gasteiger partial charge is 0.462 e.